The normalized spacial score (nSPS) is 16.6. The topological polar surface area (TPSA) is 321 Å². The lowest BCUT2D eigenvalue weighted by Gasteiger charge is -2.32. The van der Waals surface area contributed by atoms with Crippen molar-refractivity contribution in [1.29, 1.82) is 0 Å². The Hall–Kier alpha value is -5.58. The van der Waals surface area contributed by atoms with Gasteiger partial charge in [-0.05, 0) is 215 Å². The molecule has 6 aromatic rings. The molecule has 7 N–H and O–H groups in total. The fraction of sp³-hybridized carbons (Fsp3) is 0.596. The molecule has 0 atom stereocenters. The highest BCUT2D eigenvalue weighted by atomic mass is 32.2. The average molecular weight is 1810 g/mol. The van der Waals surface area contributed by atoms with Crippen molar-refractivity contribution in [1.82, 2.24) is 67.9 Å². The van der Waals surface area contributed by atoms with E-state index < -0.39 is 60.1 Å². The summed E-state index contributed by atoms with van der Waals surface area (Å²) in [7, 11) is -14.4. The molecular formula is C89H146N14O13S6. The molecule has 0 unspecified atom stereocenters. The Morgan fingerprint density at radius 3 is 0.697 bits per heavy atom. The lowest BCUT2D eigenvalue weighted by molar-refractivity contribution is 0.0390. The van der Waals surface area contributed by atoms with Crippen LogP contribution in [0.15, 0.2) is 175 Å². The predicted molar refractivity (Wildman–Crippen MR) is 495 cm³/mol. The zero-order valence-corrected chi connectivity index (χ0v) is 80.2. The van der Waals surface area contributed by atoms with Gasteiger partial charge in [0.05, 0.1) is 42.6 Å². The number of ether oxygens (including phenoxy) is 1. The number of likely N-dealkylation sites (N-methyl/N-ethyl adjacent to an activating group) is 2. The van der Waals surface area contributed by atoms with Crippen molar-refractivity contribution < 1.29 is 55.2 Å². The molecule has 0 aliphatic carbocycles. The molecule has 5 fully saturated rings. The van der Waals surface area contributed by atoms with Crippen LogP contribution in [0.25, 0.3) is 0 Å². The van der Waals surface area contributed by atoms with Gasteiger partial charge in [0.15, 0.2) is 0 Å². The molecule has 686 valence electrons. The minimum Gasteiger partial charge on any atom is -0.379 e. The Bertz CT molecular complexity index is 4480. The zero-order chi connectivity index (χ0) is 89.7. The summed E-state index contributed by atoms with van der Waals surface area (Å²) in [5.41, 5.74) is 6.89. The molecule has 0 aromatic heterocycles. The van der Waals surface area contributed by atoms with Crippen LogP contribution in [0, 0.1) is 0 Å². The summed E-state index contributed by atoms with van der Waals surface area (Å²) in [5.74, 6) is 2.44. The van der Waals surface area contributed by atoms with Gasteiger partial charge in [-0.25, -0.2) is 78.8 Å². The highest BCUT2D eigenvalue weighted by Gasteiger charge is 2.24. The maximum absolute atomic E-state index is 12.3. The molecule has 0 amide bonds. The maximum Gasteiger partial charge on any atom is 0.240 e. The second kappa shape index (κ2) is 52.6. The fourth-order valence-electron chi connectivity index (χ4n) is 13.6. The van der Waals surface area contributed by atoms with Crippen LogP contribution in [0.3, 0.4) is 0 Å². The number of benzene rings is 6. The van der Waals surface area contributed by atoms with E-state index >= 15 is 0 Å². The van der Waals surface area contributed by atoms with E-state index in [4.69, 9.17) is 4.74 Å². The third kappa shape index (κ3) is 38.2. The summed E-state index contributed by atoms with van der Waals surface area (Å²) in [6.45, 7) is 47.8. The highest BCUT2D eigenvalue weighted by Crippen LogP contribution is 2.24. The van der Waals surface area contributed by atoms with Crippen LogP contribution in [0.4, 0.5) is 0 Å². The Morgan fingerprint density at radius 1 is 0.287 bits per heavy atom. The molecule has 122 heavy (non-hydrogen) atoms. The van der Waals surface area contributed by atoms with E-state index in [9.17, 15) is 50.5 Å². The van der Waals surface area contributed by atoms with Gasteiger partial charge in [-0.15, -0.1) is 0 Å². The number of hydrogen-bond donors (Lipinski definition) is 7. The monoisotopic (exact) mass is 1810 g/mol. The van der Waals surface area contributed by atoms with Gasteiger partial charge in [0.25, 0.3) is 0 Å². The highest BCUT2D eigenvalue weighted by molar-refractivity contribution is 7.91. The average Bonchev–Trinajstić information content (AvgIpc) is 1.09. The van der Waals surface area contributed by atoms with Gasteiger partial charge in [-0.1, -0.05) is 156 Å². The Kier molecular flexibility index (Phi) is 45.4. The van der Waals surface area contributed by atoms with E-state index in [2.05, 4.69) is 153 Å². The first-order valence-corrected chi connectivity index (χ1v) is 52.4. The van der Waals surface area contributed by atoms with Gasteiger partial charge in [0.2, 0.25) is 60.1 Å². The largest absolute Gasteiger partial charge is 0.379 e. The molecule has 0 saturated carbocycles. The van der Waals surface area contributed by atoms with Crippen molar-refractivity contribution in [2.24, 2.45) is 0 Å². The van der Waals surface area contributed by atoms with E-state index in [1.165, 1.54) is 25.7 Å². The van der Waals surface area contributed by atoms with Crippen molar-refractivity contribution >= 4 is 60.1 Å². The van der Waals surface area contributed by atoms with Gasteiger partial charge in [-0.2, -0.15) is 0 Å². The molecule has 5 aliphatic rings. The zero-order valence-electron chi connectivity index (χ0n) is 75.3. The fourth-order valence-corrected chi connectivity index (χ4v) is 19.8. The summed E-state index contributed by atoms with van der Waals surface area (Å²) in [6.07, 6.45) is 4.90. The number of sulfonamides is 6. The molecule has 11 rings (SSSR count). The lowest BCUT2D eigenvalue weighted by atomic mass is 10.0. The third-order valence-corrected chi connectivity index (χ3v) is 30.8. The molecule has 5 aliphatic heterocycles. The standard InChI is InChI=1S/C16H27N3O2S.C15H25N3O2S.C15H24N2O3S.2C15H24N2O2S.C13H22N2O2S/c1-14(2)15-4-6-16(7-5-15)22(20,21)17-8-9-19-12-10-18(3)11-13-19;1-13(2)14-3-5-15(6-4-14)21(19,20)17-9-12-18-10-7-16-8-11-18;1-13(2)14-3-5-15(6-4-14)21(18,19)16-7-8-17-9-11-20-12-10-17;2*1-13(2)14-5-7-15(8-6-14)20(18,19)16-9-12-17-10-3-4-11-17;1-11(2)12-5-7-13(8-6-12)18(16,17)14-9-10-15(3)4/h4-7,14,17H,8-13H2,1-3H3;3-6,13,16-17H,7-12H2,1-2H3;3-6,13,16H,7-12H2,1-2H3;2*5-8,13,16H,3-4,9-12H2,1-2H3;5-8,11,14H,9-10H2,1-4H3. The molecule has 5 saturated heterocycles. The van der Waals surface area contributed by atoms with E-state index in [0.29, 0.717) is 117 Å². The smallest absolute Gasteiger partial charge is 0.240 e. The summed E-state index contributed by atoms with van der Waals surface area (Å²) < 4.78 is 167. The first kappa shape index (κ1) is 105. The number of nitrogens with one attached hydrogen (secondary N) is 7. The van der Waals surface area contributed by atoms with Gasteiger partial charge >= 0.3 is 0 Å². The quantitative estimate of drug-likeness (QED) is 0.0192. The number of hydrogen-bond acceptors (Lipinski definition) is 21. The van der Waals surface area contributed by atoms with Crippen LogP contribution >= 0.6 is 0 Å². The number of morpholine rings is 1. The number of piperazine rings is 2. The van der Waals surface area contributed by atoms with Gasteiger partial charge in [-0.3, -0.25) is 14.7 Å². The van der Waals surface area contributed by atoms with E-state index in [1.54, 1.807) is 72.8 Å². The number of likely N-dealkylation sites (tertiary alicyclic amines) is 2. The molecular weight excluding hydrogens is 1670 g/mol. The molecule has 27 nitrogen and oxygen atoms in total. The molecule has 33 heteroatoms. The lowest BCUT2D eigenvalue weighted by Crippen LogP contribution is -2.46. The second-order valence-corrected chi connectivity index (χ2v) is 44.4. The van der Waals surface area contributed by atoms with Crippen molar-refractivity contribution in [2.45, 2.75) is 174 Å². The number of rotatable bonds is 36. The predicted octanol–water partition coefficient (Wildman–Crippen LogP) is 9.77. The summed E-state index contributed by atoms with van der Waals surface area (Å²) >= 11 is 0. The minimum atomic E-state index is -3.41. The van der Waals surface area contributed by atoms with Crippen LogP contribution in [-0.2, 0) is 64.9 Å². The molecule has 0 radical (unpaired) electrons. The van der Waals surface area contributed by atoms with Crippen molar-refractivity contribution in [3.05, 3.63) is 179 Å². The summed E-state index contributed by atoms with van der Waals surface area (Å²) in [4.78, 5) is 17.6. The molecule has 6 aromatic carbocycles. The van der Waals surface area contributed by atoms with E-state index in [1.807, 2.05) is 91.8 Å². The maximum atomic E-state index is 12.3. The molecule has 0 bridgehead atoms. The van der Waals surface area contributed by atoms with Gasteiger partial charge < -0.3 is 29.7 Å². The van der Waals surface area contributed by atoms with Crippen molar-refractivity contribution in [2.75, 3.05) is 205 Å². The van der Waals surface area contributed by atoms with Gasteiger partial charge in [0.1, 0.15) is 0 Å². The first-order chi connectivity index (χ1) is 57.7. The molecule has 5 heterocycles. The summed E-state index contributed by atoms with van der Waals surface area (Å²) in [5, 5.41) is 3.28. The Morgan fingerprint density at radius 2 is 0.484 bits per heavy atom. The van der Waals surface area contributed by atoms with Crippen molar-refractivity contribution in [3.63, 3.8) is 0 Å². The van der Waals surface area contributed by atoms with Crippen LogP contribution in [-0.4, -0.2) is 289 Å². The third-order valence-electron chi connectivity index (χ3n) is 21.9. The minimum absolute atomic E-state index is 0.325. The van der Waals surface area contributed by atoms with Crippen LogP contribution in [0.5, 0.6) is 0 Å². The van der Waals surface area contributed by atoms with Crippen LogP contribution in [0.1, 0.15) is 178 Å². The Balaban J connectivity index is 0.000000227. The van der Waals surface area contributed by atoms with Crippen LogP contribution in [0.2, 0.25) is 0 Å². The SMILES string of the molecule is CC(C)c1ccc(S(=O)(=O)NCCN(C)C)cc1.CC(C)c1ccc(S(=O)(=O)NCCN2CCCC2)cc1.CC(C)c1ccc(S(=O)(=O)NCCN2CCCC2)cc1.CC(C)c1ccc(S(=O)(=O)NCCN2CCN(C)CC2)cc1.CC(C)c1ccc(S(=O)(=O)NCCN2CCNCC2)cc1.CC(C)c1ccc(S(=O)(=O)NCCN2CCOCC2)cc1. The number of nitrogens with zero attached hydrogens (tertiary/aromatic N) is 7. The first-order valence-electron chi connectivity index (χ1n) is 43.5. The van der Waals surface area contributed by atoms with E-state index in [0.717, 1.165) is 164 Å². The van der Waals surface area contributed by atoms with Crippen molar-refractivity contribution in [3.8, 4) is 0 Å². The second-order valence-electron chi connectivity index (χ2n) is 33.8. The molecule has 0 spiro atoms. The summed E-state index contributed by atoms with van der Waals surface area (Å²) in [6, 6.07) is 42.7. The Labute approximate surface area is 735 Å². The van der Waals surface area contributed by atoms with Gasteiger partial charge in [0, 0.05) is 144 Å². The van der Waals surface area contributed by atoms with Crippen LogP contribution < -0.4 is 33.6 Å². The van der Waals surface area contributed by atoms with E-state index in [-0.39, 0.29) is 0 Å².